The van der Waals surface area contributed by atoms with E-state index in [-0.39, 0.29) is 6.23 Å². The van der Waals surface area contributed by atoms with Crippen molar-refractivity contribution < 1.29 is 14.2 Å². The second kappa shape index (κ2) is 10.2. The van der Waals surface area contributed by atoms with E-state index >= 15 is 0 Å². The van der Waals surface area contributed by atoms with Gasteiger partial charge in [-0.1, -0.05) is 37.3 Å². The predicted octanol–water partition coefficient (Wildman–Crippen LogP) is 4.51. The van der Waals surface area contributed by atoms with Crippen molar-refractivity contribution in [2.45, 2.75) is 26.0 Å². The third kappa shape index (κ3) is 5.68. The van der Waals surface area contributed by atoms with E-state index in [0.717, 1.165) is 47.0 Å². The summed E-state index contributed by atoms with van der Waals surface area (Å²) in [4.78, 5) is 6.72. The summed E-state index contributed by atoms with van der Waals surface area (Å²) in [6.07, 6.45) is 1.59. The summed E-state index contributed by atoms with van der Waals surface area (Å²) in [5, 5.41) is 0.863. The van der Waals surface area contributed by atoms with Crippen molar-refractivity contribution >= 4 is 11.5 Å². The van der Waals surface area contributed by atoms with Crippen molar-refractivity contribution in [1.29, 1.82) is 0 Å². The second-order valence-corrected chi connectivity index (χ2v) is 7.43. The first-order valence-electron chi connectivity index (χ1n) is 9.61. The molecule has 0 fully saturated rings. The topological polar surface area (TPSA) is 56.7 Å². The highest BCUT2D eigenvalue weighted by atomic mass is 32.1. The summed E-state index contributed by atoms with van der Waals surface area (Å²) in [5.41, 5.74) is 2.20. The van der Waals surface area contributed by atoms with Crippen LogP contribution in [0.2, 0.25) is 0 Å². The van der Waals surface area contributed by atoms with Crippen LogP contribution in [0.1, 0.15) is 18.9 Å². The summed E-state index contributed by atoms with van der Waals surface area (Å²) in [7, 11) is 5.38. The van der Waals surface area contributed by atoms with E-state index in [9.17, 15) is 0 Å². The monoisotopic (exact) mass is 413 g/mol. The third-order valence-corrected chi connectivity index (χ3v) is 5.42. The highest BCUT2D eigenvalue weighted by Gasteiger charge is 2.18. The molecule has 7 heteroatoms. The van der Waals surface area contributed by atoms with Gasteiger partial charge >= 0.3 is 6.01 Å². The molecule has 1 atom stereocenters. The number of ether oxygens (including phenoxy) is 3. The summed E-state index contributed by atoms with van der Waals surface area (Å²) >= 11 is 1.35. The molecule has 0 amide bonds. The van der Waals surface area contributed by atoms with Gasteiger partial charge in [0.15, 0.2) is 6.23 Å². The molecule has 29 heavy (non-hydrogen) atoms. The van der Waals surface area contributed by atoms with Crippen LogP contribution in [0.4, 0.5) is 0 Å². The highest BCUT2D eigenvalue weighted by molar-refractivity contribution is 7.09. The lowest BCUT2D eigenvalue weighted by Gasteiger charge is -2.26. The predicted molar refractivity (Wildman–Crippen MR) is 116 cm³/mol. The Morgan fingerprint density at radius 2 is 1.72 bits per heavy atom. The number of methoxy groups -OCH3 is 2. The van der Waals surface area contributed by atoms with Crippen LogP contribution in [-0.2, 0) is 6.42 Å². The van der Waals surface area contributed by atoms with E-state index in [1.807, 2.05) is 48.5 Å². The van der Waals surface area contributed by atoms with Gasteiger partial charge in [0.05, 0.1) is 14.2 Å². The minimum Gasteiger partial charge on any atom is -0.497 e. The molecule has 0 radical (unpaired) electrons. The van der Waals surface area contributed by atoms with Gasteiger partial charge in [-0.25, -0.2) is 0 Å². The quantitative estimate of drug-likeness (QED) is 0.456. The Morgan fingerprint density at radius 1 is 1.03 bits per heavy atom. The Labute approximate surface area is 176 Å². The van der Waals surface area contributed by atoms with E-state index in [4.69, 9.17) is 14.2 Å². The van der Waals surface area contributed by atoms with Gasteiger partial charge in [-0.05, 0) is 49.1 Å². The molecule has 1 unspecified atom stereocenters. The molecule has 6 nitrogen and oxygen atoms in total. The van der Waals surface area contributed by atoms with Crippen LogP contribution in [0.15, 0.2) is 48.5 Å². The van der Waals surface area contributed by atoms with Gasteiger partial charge in [-0.3, -0.25) is 4.90 Å². The standard InChI is InChI=1S/C22H27N3O3S/c1-5-20(28-22-23-21(29-24-22)17-9-7-6-8-10-17)25(2)12-11-16-13-18(26-3)15-19(14-16)27-4/h6-10,13-15,20H,5,11-12H2,1-4H3. The van der Waals surface area contributed by atoms with E-state index in [0.29, 0.717) is 6.01 Å². The minimum absolute atomic E-state index is 0.0965. The van der Waals surface area contributed by atoms with Crippen LogP contribution >= 0.6 is 11.5 Å². The fourth-order valence-corrected chi connectivity index (χ4v) is 3.63. The van der Waals surface area contributed by atoms with Gasteiger partial charge in [0.25, 0.3) is 0 Å². The molecule has 0 N–H and O–H groups in total. The van der Waals surface area contributed by atoms with Gasteiger partial charge in [-0.2, -0.15) is 4.98 Å². The Balaban J connectivity index is 1.61. The molecular formula is C22H27N3O3S. The first kappa shape index (κ1) is 21.1. The van der Waals surface area contributed by atoms with Crippen LogP contribution in [0, 0.1) is 0 Å². The molecule has 154 valence electrons. The average molecular weight is 414 g/mol. The van der Waals surface area contributed by atoms with E-state index in [1.165, 1.54) is 11.5 Å². The molecule has 0 aliphatic rings. The number of likely N-dealkylation sites (N-methyl/N-ethyl adjacent to an activating group) is 1. The van der Waals surface area contributed by atoms with Crippen molar-refractivity contribution in [2.75, 3.05) is 27.8 Å². The van der Waals surface area contributed by atoms with Crippen LogP contribution < -0.4 is 14.2 Å². The first-order valence-corrected chi connectivity index (χ1v) is 10.4. The third-order valence-electron chi connectivity index (χ3n) is 4.67. The number of benzene rings is 2. The Morgan fingerprint density at radius 3 is 2.34 bits per heavy atom. The van der Waals surface area contributed by atoms with Gasteiger partial charge in [0, 0.05) is 18.2 Å². The summed E-state index contributed by atoms with van der Waals surface area (Å²) in [5.74, 6) is 1.59. The molecule has 2 aromatic carbocycles. The number of nitrogens with zero attached hydrogens (tertiary/aromatic N) is 3. The molecule has 0 aliphatic heterocycles. The molecule has 3 rings (SSSR count). The zero-order valence-electron chi connectivity index (χ0n) is 17.3. The lowest BCUT2D eigenvalue weighted by molar-refractivity contribution is 0.0359. The Hall–Kier alpha value is -2.64. The van der Waals surface area contributed by atoms with E-state index in [1.54, 1.807) is 14.2 Å². The van der Waals surface area contributed by atoms with Crippen LogP contribution in [0.3, 0.4) is 0 Å². The highest BCUT2D eigenvalue weighted by Crippen LogP contribution is 2.25. The van der Waals surface area contributed by atoms with E-state index in [2.05, 4.69) is 28.2 Å². The first-order chi connectivity index (χ1) is 14.1. The summed E-state index contributed by atoms with van der Waals surface area (Å²) in [6.45, 7) is 2.92. The maximum Gasteiger partial charge on any atom is 0.330 e. The van der Waals surface area contributed by atoms with Crippen molar-refractivity contribution in [3.63, 3.8) is 0 Å². The van der Waals surface area contributed by atoms with Crippen LogP contribution in [-0.4, -0.2) is 48.3 Å². The number of aromatic nitrogens is 2. The number of hydrogen-bond acceptors (Lipinski definition) is 7. The molecule has 0 saturated heterocycles. The molecule has 0 aliphatic carbocycles. The zero-order chi connectivity index (χ0) is 20.6. The second-order valence-electron chi connectivity index (χ2n) is 6.68. The van der Waals surface area contributed by atoms with Crippen molar-refractivity contribution in [3.05, 3.63) is 54.1 Å². The van der Waals surface area contributed by atoms with Gasteiger partial charge in [0.2, 0.25) is 0 Å². The molecule has 0 spiro atoms. The molecular weight excluding hydrogens is 386 g/mol. The maximum absolute atomic E-state index is 6.07. The Bertz CT molecular complexity index is 879. The molecule has 1 aromatic heterocycles. The summed E-state index contributed by atoms with van der Waals surface area (Å²) < 4.78 is 21.2. The number of rotatable bonds is 10. The lowest BCUT2D eigenvalue weighted by Crippen LogP contribution is -2.37. The normalized spacial score (nSPS) is 12.0. The largest absolute Gasteiger partial charge is 0.497 e. The SMILES string of the molecule is CCC(Oc1nsc(-c2ccccc2)n1)N(C)CCc1cc(OC)cc(OC)c1. The van der Waals surface area contributed by atoms with Gasteiger partial charge in [0.1, 0.15) is 16.5 Å². The molecule has 0 saturated carbocycles. The fraction of sp³-hybridized carbons (Fsp3) is 0.364. The van der Waals surface area contributed by atoms with Crippen molar-refractivity contribution in [1.82, 2.24) is 14.3 Å². The fourth-order valence-electron chi connectivity index (χ4n) is 3.02. The van der Waals surface area contributed by atoms with Crippen LogP contribution in [0.25, 0.3) is 10.6 Å². The van der Waals surface area contributed by atoms with E-state index < -0.39 is 0 Å². The van der Waals surface area contributed by atoms with Gasteiger partial charge in [-0.15, -0.1) is 4.37 Å². The smallest absolute Gasteiger partial charge is 0.330 e. The molecule has 3 aromatic rings. The summed E-state index contributed by atoms with van der Waals surface area (Å²) in [6, 6.07) is 16.4. The number of hydrogen-bond donors (Lipinski definition) is 0. The van der Waals surface area contributed by atoms with Crippen molar-refractivity contribution in [2.24, 2.45) is 0 Å². The minimum atomic E-state index is -0.0965. The maximum atomic E-state index is 6.07. The van der Waals surface area contributed by atoms with Gasteiger partial charge < -0.3 is 14.2 Å². The van der Waals surface area contributed by atoms with Crippen molar-refractivity contribution in [3.8, 4) is 28.1 Å². The van der Waals surface area contributed by atoms with Crippen LogP contribution in [0.5, 0.6) is 17.5 Å². The lowest BCUT2D eigenvalue weighted by atomic mass is 10.1. The zero-order valence-corrected chi connectivity index (χ0v) is 18.1. The molecule has 0 bridgehead atoms. The Kier molecular flexibility index (Phi) is 7.43. The molecule has 1 heterocycles. The average Bonchev–Trinajstić information content (AvgIpc) is 3.24.